The molecule has 0 saturated carbocycles. The van der Waals surface area contributed by atoms with E-state index in [-0.39, 0.29) is 23.5 Å². The van der Waals surface area contributed by atoms with Crippen LogP contribution in [-0.4, -0.2) is 12.1 Å². The summed E-state index contributed by atoms with van der Waals surface area (Å²) in [5.41, 5.74) is 5.66. The van der Waals surface area contributed by atoms with Gasteiger partial charge in [-0.25, -0.2) is 0 Å². The first-order valence-corrected chi connectivity index (χ1v) is 4.52. The molecule has 0 aliphatic heterocycles. The van der Waals surface area contributed by atoms with E-state index in [0.29, 0.717) is 0 Å². The number of rotatable bonds is 3. The van der Waals surface area contributed by atoms with Crippen molar-refractivity contribution in [1.29, 1.82) is 0 Å². The molecule has 6 heteroatoms. The van der Waals surface area contributed by atoms with Crippen LogP contribution in [0, 0.1) is 0 Å². The average Bonchev–Trinajstić information content (AvgIpc) is 2.18. The van der Waals surface area contributed by atoms with Gasteiger partial charge in [0.05, 0.1) is 0 Å². The number of Topliss-reactive ketones (excluding diaryl/α,β-unsaturated/α-hetero) is 1. The van der Waals surface area contributed by atoms with Gasteiger partial charge in [-0.1, -0.05) is 6.92 Å². The van der Waals surface area contributed by atoms with Gasteiger partial charge in [0.2, 0.25) is 0 Å². The standard InChI is InChI=1S/C10H10F3NO2/c1-2-9(15)7-5-6(3-4-8(7)14)16-10(11,12)13/h3-5H,2,14H2,1H3. The summed E-state index contributed by atoms with van der Waals surface area (Å²) in [6, 6.07) is 3.27. The molecule has 3 nitrogen and oxygen atoms in total. The number of alkyl halides is 3. The van der Waals surface area contributed by atoms with Crippen LogP contribution in [-0.2, 0) is 0 Å². The van der Waals surface area contributed by atoms with E-state index in [2.05, 4.69) is 4.74 Å². The largest absolute Gasteiger partial charge is 0.573 e. The molecule has 0 aliphatic carbocycles. The molecule has 0 amide bonds. The van der Waals surface area contributed by atoms with E-state index in [1.54, 1.807) is 6.92 Å². The van der Waals surface area contributed by atoms with Crippen LogP contribution in [0.5, 0.6) is 5.75 Å². The zero-order chi connectivity index (χ0) is 12.3. The van der Waals surface area contributed by atoms with Crippen molar-refractivity contribution in [2.24, 2.45) is 0 Å². The molecule has 0 bridgehead atoms. The van der Waals surface area contributed by atoms with Crippen LogP contribution in [0.2, 0.25) is 0 Å². The van der Waals surface area contributed by atoms with Crippen molar-refractivity contribution in [3.8, 4) is 5.75 Å². The topological polar surface area (TPSA) is 52.3 Å². The molecule has 0 saturated heterocycles. The summed E-state index contributed by atoms with van der Waals surface area (Å²) in [5, 5.41) is 0. The van der Waals surface area contributed by atoms with E-state index in [9.17, 15) is 18.0 Å². The van der Waals surface area contributed by atoms with Gasteiger partial charge in [0.1, 0.15) is 5.75 Å². The van der Waals surface area contributed by atoms with Crippen molar-refractivity contribution < 1.29 is 22.7 Å². The Labute approximate surface area is 90.0 Å². The highest BCUT2D eigenvalue weighted by Crippen LogP contribution is 2.26. The van der Waals surface area contributed by atoms with Gasteiger partial charge in [0.25, 0.3) is 0 Å². The Kier molecular flexibility index (Phi) is 3.41. The van der Waals surface area contributed by atoms with Gasteiger partial charge in [-0.05, 0) is 18.2 Å². The number of hydrogen-bond donors (Lipinski definition) is 1. The summed E-state index contributed by atoms with van der Waals surface area (Å²) in [4.78, 5) is 11.3. The average molecular weight is 233 g/mol. The molecule has 0 fully saturated rings. The first kappa shape index (κ1) is 12.4. The van der Waals surface area contributed by atoms with E-state index in [1.807, 2.05) is 0 Å². The Hall–Kier alpha value is -1.72. The maximum atomic E-state index is 11.9. The highest BCUT2D eigenvalue weighted by molar-refractivity contribution is 6.00. The lowest BCUT2D eigenvalue weighted by atomic mass is 10.1. The van der Waals surface area contributed by atoms with Crippen LogP contribution < -0.4 is 10.5 Å². The SMILES string of the molecule is CCC(=O)c1cc(OC(F)(F)F)ccc1N. The second kappa shape index (κ2) is 4.42. The quantitative estimate of drug-likeness (QED) is 0.645. The van der Waals surface area contributed by atoms with E-state index in [0.717, 1.165) is 12.1 Å². The summed E-state index contributed by atoms with van der Waals surface area (Å²) >= 11 is 0. The number of carbonyl (C=O) groups is 1. The number of hydrogen-bond acceptors (Lipinski definition) is 3. The maximum Gasteiger partial charge on any atom is 0.573 e. The van der Waals surface area contributed by atoms with Crippen LogP contribution in [0.3, 0.4) is 0 Å². The first-order chi connectivity index (χ1) is 7.33. The van der Waals surface area contributed by atoms with Crippen molar-refractivity contribution in [1.82, 2.24) is 0 Å². The molecule has 0 unspecified atom stereocenters. The van der Waals surface area contributed by atoms with Gasteiger partial charge in [-0.3, -0.25) is 4.79 Å². The summed E-state index contributed by atoms with van der Waals surface area (Å²) < 4.78 is 39.4. The molecule has 88 valence electrons. The van der Waals surface area contributed by atoms with E-state index < -0.39 is 12.1 Å². The van der Waals surface area contributed by atoms with Crippen molar-refractivity contribution in [2.45, 2.75) is 19.7 Å². The third-order valence-electron chi connectivity index (χ3n) is 1.88. The summed E-state index contributed by atoms with van der Waals surface area (Å²) in [6.45, 7) is 1.60. The lowest BCUT2D eigenvalue weighted by Gasteiger charge is -2.10. The molecular weight excluding hydrogens is 223 g/mol. The van der Waals surface area contributed by atoms with Crippen LogP contribution in [0.4, 0.5) is 18.9 Å². The van der Waals surface area contributed by atoms with Gasteiger partial charge in [-0.2, -0.15) is 0 Å². The van der Waals surface area contributed by atoms with Gasteiger partial charge >= 0.3 is 6.36 Å². The van der Waals surface area contributed by atoms with E-state index in [4.69, 9.17) is 5.73 Å². The lowest BCUT2D eigenvalue weighted by molar-refractivity contribution is -0.274. The molecule has 0 aliphatic rings. The Morgan fingerprint density at radius 3 is 2.56 bits per heavy atom. The predicted molar refractivity (Wildman–Crippen MR) is 52.2 cm³/mol. The minimum atomic E-state index is -4.78. The smallest absolute Gasteiger partial charge is 0.406 e. The van der Waals surface area contributed by atoms with Crippen LogP contribution >= 0.6 is 0 Å². The fourth-order valence-corrected chi connectivity index (χ4v) is 1.16. The van der Waals surface area contributed by atoms with Crippen LogP contribution in [0.15, 0.2) is 18.2 Å². The molecule has 1 rings (SSSR count). The number of benzene rings is 1. The van der Waals surface area contributed by atoms with Gasteiger partial charge < -0.3 is 10.5 Å². The van der Waals surface area contributed by atoms with Crippen molar-refractivity contribution >= 4 is 11.5 Å². The first-order valence-electron chi connectivity index (χ1n) is 4.52. The molecule has 1 aromatic carbocycles. The van der Waals surface area contributed by atoms with Crippen molar-refractivity contribution in [3.63, 3.8) is 0 Å². The molecule has 1 aromatic rings. The number of nitrogens with two attached hydrogens (primary N) is 1. The molecular formula is C10H10F3NO2. The normalized spacial score (nSPS) is 11.2. The molecule has 0 radical (unpaired) electrons. The zero-order valence-corrected chi connectivity index (χ0v) is 8.47. The van der Waals surface area contributed by atoms with Crippen LogP contribution in [0.1, 0.15) is 23.7 Å². The number of ketones is 1. The van der Waals surface area contributed by atoms with E-state index in [1.165, 1.54) is 6.07 Å². The van der Waals surface area contributed by atoms with E-state index >= 15 is 0 Å². The third kappa shape index (κ3) is 3.15. The van der Waals surface area contributed by atoms with Gasteiger partial charge in [0, 0.05) is 17.7 Å². The molecule has 16 heavy (non-hydrogen) atoms. The summed E-state index contributed by atoms with van der Waals surface area (Å²) in [7, 11) is 0. The monoisotopic (exact) mass is 233 g/mol. The molecule has 0 aromatic heterocycles. The van der Waals surface area contributed by atoms with Crippen LogP contribution in [0.25, 0.3) is 0 Å². The summed E-state index contributed by atoms with van der Waals surface area (Å²) in [6.07, 6.45) is -4.61. The fraction of sp³-hybridized carbons (Fsp3) is 0.300. The minimum absolute atomic E-state index is 0.0456. The summed E-state index contributed by atoms with van der Waals surface area (Å²) in [5.74, 6) is -0.774. The second-order valence-corrected chi connectivity index (χ2v) is 3.07. The van der Waals surface area contributed by atoms with Gasteiger partial charge in [0.15, 0.2) is 5.78 Å². The van der Waals surface area contributed by atoms with Crippen molar-refractivity contribution in [3.05, 3.63) is 23.8 Å². The third-order valence-corrected chi connectivity index (χ3v) is 1.88. The zero-order valence-electron chi connectivity index (χ0n) is 8.47. The molecule has 2 N–H and O–H groups in total. The Bertz CT molecular complexity index is 402. The number of ether oxygens (including phenoxy) is 1. The fourth-order valence-electron chi connectivity index (χ4n) is 1.16. The highest BCUT2D eigenvalue weighted by atomic mass is 19.4. The lowest BCUT2D eigenvalue weighted by Crippen LogP contribution is -2.17. The Morgan fingerprint density at radius 2 is 2.06 bits per heavy atom. The minimum Gasteiger partial charge on any atom is -0.406 e. The molecule has 0 atom stereocenters. The molecule has 0 heterocycles. The highest BCUT2D eigenvalue weighted by Gasteiger charge is 2.31. The number of anilines is 1. The van der Waals surface area contributed by atoms with Crippen molar-refractivity contribution in [2.75, 3.05) is 5.73 Å². The second-order valence-electron chi connectivity index (χ2n) is 3.07. The predicted octanol–water partition coefficient (Wildman–Crippen LogP) is 2.76. The number of carbonyl (C=O) groups excluding carboxylic acids is 1. The van der Waals surface area contributed by atoms with Gasteiger partial charge in [-0.15, -0.1) is 13.2 Å². The Balaban J connectivity index is 3.03. The number of nitrogen functional groups attached to an aromatic ring is 1. The maximum absolute atomic E-state index is 11.9. The Morgan fingerprint density at radius 1 is 1.44 bits per heavy atom. The molecule has 0 spiro atoms. The number of halogens is 3.